The molecule has 0 N–H and O–H groups in total. The third-order valence-corrected chi connectivity index (χ3v) is 3.03. The summed E-state index contributed by atoms with van der Waals surface area (Å²) >= 11 is 5.98. The van der Waals surface area contributed by atoms with Crippen molar-refractivity contribution in [2.24, 2.45) is 0 Å². The van der Waals surface area contributed by atoms with Gasteiger partial charge in [-0.15, -0.1) is 11.6 Å². The van der Waals surface area contributed by atoms with Gasteiger partial charge in [0.25, 0.3) is 0 Å². The monoisotopic (exact) mass is 216 g/mol. The highest BCUT2D eigenvalue weighted by Gasteiger charge is 2.06. The summed E-state index contributed by atoms with van der Waals surface area (Å²) in [5.74, 6) is 0.559. The summed E-state index contributed by atoms with van der Waals surface area (Å²) in [7, 11) is 0. The van der Waals surface area contributed by atoms with Crippen LogP contribution in [0.25, 0.3) is 16.8 Å². The number of rotatable bonds is 2. The standard InChI is InChI=1S/C14H13Cl/c1-3-11-8-10(2)14(9-15)13-7-5-4-6-12(11)13/h3-8H,1,9H2,2H3. The molecule has 15 heavy (non-hydrogen) atoms. The Bertz CT molecular complexity index is 512. The number of halogens is 1. The number of fused-ring (bicyclic) bond motifs is 1. The van der Waals surface area contributed by atoms with E-state index >= 15 is 0 Å². The van der Waals surface area contributed by atoms with Crippen molar-refractivity contribution < 1.29 is 0 Å². The molecule has 2 aromatic rings. The molecular formula is C14H13Cl. The van der Waals surface area contributed by atoms with Gasteiger partial charge in [-0.2, -0.15) is 0 Å². The summed E-state index contributed by atoms with van der Waals surface area (Å²) < 4.78 is 0. The van der Waals surface area contributed by atoms with Gasteiger partial charge in [-0.3, -0.25) is 0 Å². The Morgan fingerprint density at radius 2 is 1.93 bits per heavy atom. The van der Waals surface area contributed by atoms with Crippen molar-refractivity contribution in [3.63, 3.8) is 0 Å². The van der Waals surface area contributed by atoms with Crippen molar-refractivity contribution in [1.29, 1.82) is 0 Å². The lowest BCUT2D eigenvalue weighted by Gasteiger charge is -2.10. The minimum absolute atomic E-state index is 0.559. The lowest BCUT2D eigenvalue weighted by molar-refractivity contribution is 1.33. The number of aryl methyl sites for hydroxylation is 1. The summed E-state index contributed by atoms with van der Waals surface area (Å²) in [6.07, 6.45) is 1.90. The molecule has 0 unspecified atom stereocenters. The minimum atomic E-state index is 0.559. The van der Waals surface area contributed by atoms with Crippen LogP contribution in [0.1, 0.15) is 16.7 Å². The van der Waals surface area contributed by atoms with E-state index in [1.165, 1.54) is 27.5 Å². The number of hydrogen-bond acceptors (Lipinski definition) is 0. The average Bonchev–Trinajstić information content (AvgIpc) is 2.28. The van der Waals surface area contributed by atoms with Crippen LogP contribution in [0.5, 0.6) is 0 Å². The van der Waals surface area contributed by atoms with Gasteiger partial charge in [0.1, 0.15) is 0 Å². The highest BCUT2D eigenvalue weighted by Crippen LogP contribution is 2.27. The van der Waals surface area contributed by atoms with Gasteiger partial charge in [-0.1, -0.05) is 43.0 Å². The van der Waals surface area contributed by atoms with E-state index in [-0.39, 0.29) is 0 Å². The highest BCUT2D eigenvalue weighted by atomic mass is 35.5. The highest BCUT2D eigenvalue weighted by molar-refractivity contribution is 6.18. The molecule has 0 saturated heterocycles. The number of benzene rings is 2. The van der Waals surface area contributed by atoms with E-state index in [9.17, 15) is 0 Å². The third kappa shape index (κ3) is 1.66. The zero-order chi connectivity index (χ0) is 10.8. The maximum absolute atomic E-state index is 5.98. The van der Waals surface area contributed by atoms with Crippen molar-refractivity contribution >= 4 is 28.4 Å². The van der Waals surface area contributed by atoms with Gasteiger partial charge >= 0.3 is 0 Å². The molecule has 0 aliphatic heterocycles. The van der Waals surface area contributed by atoms with Crippen molar-refractivity contribution in [2.75, 3.05) is 0 Å². The Morgan fingerprint density at radius 1 is 1.27 bits per heavy atom. The molecule has 1 heteroatoms. The molecule has 2 rings (SSSR count). The van der Waals surface area contributed by atoms with Crippen LogP contribution < -0.4 is 0 Å². The van der Waals surface area contributed by atoms with Crippen molar-refractivity contribution in [3.8, 4) is 0 Å². The molecule has 0 spiro atoms. The lowest BCUT2D eigenvalue weighted by atomic mass is 9.96. The zero-order valence-corrected chi connectivity index (χ0v) is 9.51. The molecule has 0 aliphatic carbocycles. The molecule has 0 aliphatic rings. The van der Waals surface area contributed by atoms with Crippen LogP contribution in [0.3, 0.4) is 0 Å². The predicted molar refractivity (Wildman–Crippen MR) is 68.3 cm³/mol. The first kappa shape index (κ1) is 10.3. The van der Waals surface area contributed by atoms with Gasteiger partial charge in [0, 0.05) is 5.88 Å². The Labute approximate surface area is 95.2 Å². The number of alkyl halides is 1. The summed E-state index contributed by atoms with van der Waals surface area (Å²) in [6, 6.07) is 10.5. The van der Waals surface area contributed by atoms with Gasteiger partial charge in [-0.25, -0.2) is 0 Å². The van der Waals surface area contributed by atoms with E-state index in [4.69, 9.17) is 11.6 Å². The molecule has 0 radical (unpaired) electrons. The predicted octanol–water partition coefficient (Wildman–Crippen LogP) is 4.53. The van der Waals surface area contributed by atoms with Crippen LogP contribution >= 0.6 is 11.6 Å². The third-order valence-electron chi connectivity index (χ3n) is 2.76. The second-order valence-electron chi connectivity index (χ2n) is 3.64. The van der Waals surface area contributed by atoms with E-state index in [1.807, 2.05) is 18.2 Å². The zero-order valence-electron chi connectivity index (χ0n) is 8.76. The van der Waals surface area contributed by atoms with Crippen LogP contribution in [-0.4, -0.2) is 0 Å². The summed E-state index contributed by atoms with van der Waals surface area (Å²) in [5.41, 5.74) is 3.63. The van der Waals surface area contributed by atoms with Crippen molar-refractivity contribution in [2.45, 2.75) is 12.8 Å². The van der Waals surface area contributed by atoms with E-state index in [1.54, 1.807) is 0 Å². The van der Waals surface area contributed by atoms with Crippen LogP contribution in [0.4, 0.5) is 0 Å². The van der Waals surface area contributed by atoms with E-state index in [0.717, 1.165) is 0 Å². The first-order valence-corrected chi connectivity index (χ1v) is 5.51. The fraction of sp³-hybridized carbons (Fsp3) is 0.143. The van der Waals surface area contributed by atoms with E-state index in [2.05, 4.69) is 31.7 Å². The maximum Gasteiger partial charge on any atom is 0.0482 e. The molecule has 0 fully saturated rings. The quantitative estimate of drug-likeness (QED) is 0.647. The van der Waals surface area contributed by atoms with E-state index in [0.29, 0.717) is 5.88 Å². The summed E-state index contributed by atoms with van der Waals surface area (Å²) in [5, 5.41) is 2.47. The lowest BCUT2D eigenvalue weighted by Crippen LogP contribution is -1.90. The fourth-order valence-electron chi connectivity index (χ4n) is 1.95. The molecule has 0 aromatic heterocycles. The Hall–Kier alpha value is -1.27. The first-order chi connectivity index (χ1) is 7.27. The number of hydrogen-bond donors (Lipinski definition) is 0. The normalized spacial score (nSPS) is 10.5. The molecule has 0 heterocycles. The van der Waals surface area contributed by atoms with Gasteiger partial charge in [-0.05, 0) is 34.4 Å². The minimum Gasteiger partial charge on any atom is -0.122 e. The molecular weight excluding hydrogens is 204 g/mol. The first-order valence-electron chi connectivity index (χ1n) is 4.97. The topological polar surface area (TPSA) is 0 Å². The summed E-state index contributed by atoms with van der Waals surface area (Å²) in [4.78, 5) is 0. The molecule has 0 nitrogen and oxygen atoms in total. The van der Waals surface area contributed by atoms with Crippen LogP contribution in [0, 0.1) is 6.92 Å². The van der Waals surface area contributed by atoms with Crippen LogP contribution in [0.2, 0.25) is 0 Å². The van der Waals surface area contributed by atoms with Gasteiger partial charge in [0.05, 0.1) is 0 Å². The van der Waals surface area contributed by atoms with Gasteiger partial charge in [0.15, 0.2) is 0 Å². The van der Waals surface area contributed by atoms with Crippen molar-refractivity contribution in [3.05, 3.63) is 53.6 Å². The van der Waals surface area contributed by atoms with Gasteiger partial charge in [0.2, 0.25) is 0 Å². The summed E-state index contributed by atoms with van der Waals surface area (Å²) in [6.45, 7) is 5.94. The van der Waals surface area contributed by atoms with Crippen LogP contribution in [-0.2, 0) is 5.88 Å². The van der Waals surface area contributed by atoms with Gasteiger partial charge < -0.3 is 0 Å². The smallest absolute Gasteiger partial charge is 0.0482 e. The van der Waals surface area contributed by atoms with Crippen LogP contribution in [0.15, 0.2) is 36.9 Å². The van der Waals surface area contributed by atoms with Crippen molar-refractivity contribution in [1.82, 2.24) is 0 Å². The molecule has 0 saturated carbocycles. The fourth-order valence-corrected chi connectivity index (χ4v) is 2.31. The largest absolute Gasteiger partial charge is 0.122 e. The Kier molecular flexibility index (Phi) is 2.79. The maximum atomic E-state index is 5.98. The molecule has 2 aromatic carbocycles. The Morgan fingerprint density at radius 3 is 2.53 bits per heavy atom. The molecule has 76 valence electrons. The SMILES string of the molecule is C=Cc1cc(C)c(CCl)c2ccccc12. The molecule has 0 atom stereocenters. The second-order valence-corrected chi connectivity index (χ2v) is 3.91. The molecule has 0 amide bonds. The Balaban J connectivity index is 2.92. The molecule has 0 bridgehead atoms. The van der Waals surface area contributed by atoms with E-state index < -0.39 is 0 Å². The second kappa shape index (κ2) is 4.08. The average molecular weight is 217 g/mol.